The summed E-state index contributed by atoms with van der Waals surface area (Å²) in [5, 5.41) is 2.06. The second kappa shape index (κ2) is 6.26. The van der Waals surface area contributed by atoms with Gasteiger partial charge in [0, 0.05) is 11.4 Å². The van der Waals surface area contributed by atoms with Crippen LogP contribution in [0.15, 0.2) is 11.4 Å². The van der Waals surface area contributed by atoms with E-state index in [1.54, 1.807) is 11.3 Å². The van der Waals surface area contributed by atoms with E-state index in [0.29, 0.717) is 12.5 Å². The summed E-state index contributed by atoms with van der Waals surface area (Å²) in [6, 6.07) is 2.08. The van der Waals surface area contributed by atoms with Crippen LogP contribution in [0.5, 0.6) is 0 Å². The molecule has 0 aliphatic rings. The number of carbonyl (C=O) groups is 1. The third kappa shape index (κ3) is 3.80. The van der Waals surface area contributed by atoms with Crippen LogP contribution in [0.3, 0.4) is 0 Å². The van der Waals surface area contributed by atoms with E-state index in [2.05, 4.69) is 32.2 Å². The number of hydrogen-bond donors (Lipinski definition) is 0. The minimum Gasteiger partial charge on any atom is -0.336 e. The van der Waals surface area contributed by atoms with Gasteiger partial charge in [0.2, 0.25) is 5.91 Å². The van der Waals surface area contributed by atoms with Gasteiger partial charge < -0.3 is 4.90 Å². The third-order valence-electron chi connectivity index (χ3n) is 2.36. The highest BCUT2D eigenvalue weighted by molar-refractivity contribution is 7.10. The molecular formula is C12H18ClNOS. The Bertz CT molecular complexity index is 349. The number of halogens is 1. The second-order valence-electron chi connectivity index (χ2n) is 4.33. The standard InChI is InChI=1S/C12H18ClNOS/c1-9(2)7-14(12(15)6-13)8-11-10(3)4-5-16-11/h4-5,9H,6-8H2,1-3H3. The van der Waals surface area contributed by atoms with Crippen LogP contribution in [0.4, 0.5) is 0 Å². The largest absolute Gasteiger partial charge is 0.336 e. The van der Waals surface area contributed by atoms with Crippen molar-refractivity contribution in [2.24, 2.45) is 5.92 Å². The third-order valence-corrected chi connectivity index (χ3v) is 3.59. The molecule has 4 heteroatoms. The Morgan fingerprint density at radius 2 is 2.25 bits per heavy atom. The van der Waals surface area contributed by atoms with Gasteiger partial charge in [-0.1, -0.05) is 13.8 Å². The molecule has 16 heavy (non-hydrogen) atoms. The normalized spacial score (nSPS) is 10.8. The van der Waals surface area contributed by atoms with E-state index in [9.17, 15) is 4.79 Å². The van der Waals surface area contributed by atoms with Crippen molar-refractivity contribution in [2.45, 2.75) is 27.3 Å². The first-order chi connectivity index (χ1) is 7.54. The number of alkyl halides is 1. The first-order valence-electron chi connectivity index (χ1n) is 5.41. The van der Waals surface area contributed by atoms with E-state index in [0.717, 1.165) is 6.54 Å². The minimum atomic E-state index is 0.0168. The SMILES string of the molecule is Cc1ccsc1CN(CC(C)C)C(=O)CCl. The van der Waals surface area contributed by atoms with E-state index < -0.39 is 0 Å². The lowest BCUT2D eigenvalue weighted by molar-refractivity contribution is -0.129. The van der Waals surface area contributed by atoms with Crippen LogP contribution < -0.4 is 0 Å². The Labute approximate surface area is 106 Å². The van der Waals surface area contributed by atoms with Crippen molar-refractivity contribution in [1.82, 2.24) is 4.90 Å². The van der Waals surface area contributed by atoms with Crippen molar-refractivity contribution >= 4 is 28.8 Å². The number of hydrogen-bond acceptors (Lipinski definition) is 2. The van der Waals surface area contributed by atoms with E-state index in [1.165, 1.54) is 10.4 Å². The van der Waals surface area contributed by atoms with E-state index >= 15 is 0 Å². The molecule has 0 spiro atoms. The summed E-state index contributed by atoms with van der Waals surface area (Å²) < 4.78 is 0. The zero-order valence-electron chi connectivity index (χ0n) is 10.00. The maximum Gasteiger partial charge on any atom is 0.237 e. The first kappa shape index (κ1) is 13.5. The molecule has 0 atom stereocenters. The zero-order chi connectivity index (χ0) is 12.1. The topological polar surface area (TPSA) is 20.3 Å². The monoisotopic (exact) mass is 259 g/mol. The summed E-state index contributed by atoms with van der Waals surface area (Å²) in [5.74, 6) is 0.549. The molecule has 0 N–H and O–H groups in total. The van der Waals surface area contributed by atoms with Crippen molar-refractivity contribution < 1.29 is 4.79 Å². The molecule has 0 aliphatic carbocycles. The second-order valence-corrected chi connectivity index (χ2v) is 5.60. The molecule has 2 nitrogen and oxygen atoms in total. The minimum absolute atomic E-state index is 0.0168. The quantitative estimate of drug-likeness (QED) is 0.743. The molecule has 0 aliphatic heterocycles. The van der Waals surface area contributed by atoms with Crippen LogP contribution in [-0.2, 0) is 11.3 Å². The lowest BCUT2D eigenvalue weighted by Crippen LogP contribution is -2.34. The van der Waals surface area contributed by atoms with Gasteiger partial charge in [-0.15, -0.1) is 22.9 Å². The molecule has 0 saturated carbocycles. The molecule has 0 fully saturated rings. The Morgan fingerprint density at radius 1 is 1.56 bits per heavy atom. The molecule has 1 aromatic rings. The molecule has 1 heterocycles. The van der Waals surface area contributed by atoms with Crippen LogP contribution in [0.2, 0.25) is 0 Å². The maximum atomic E-state index is 11.7. The van der Waals surface area contributed by atoms with Crippen LogP contribution in [0.1, 0.15) is 24.3 Å². The highest BCUT2D eigenvalue weighted by Crippen LogP contribution is 2.18. The fourth-order valence-electron chi connectivity index (χ4n) is 1.52. The smallest absolute Gasteiger partial charge is 0.237 e. The molecule has 0 saturated heterocycles. The van der Waals surface area contributed by atoms with Crippen LogP contribution in [-0.4, -0.2) is 23.2 Å². The predicted octanol–water partition coefficient (Wildman–Crippen LogP) is 3.28. The number of nitrogens with zero attached hydrogens (tertiary/aromatic N) is 1. The number of rotatable bonds is 5. The predicted molar refractivity (Wildman–Crippen MR) is 70.0 cm³/mol. The first-order valence-corrected chi connectivity index (χ1v) is 6.82. The van der Waals surface area contributed by atoms with E-state index in [4.69, 9.17) is 11.6 Å². The van der Waals surface area contributed by atoms with E-state index in [-0.39, 0.29) is 11.8 Å². The number of aryl methyl sites for hydroxylation is 1. The van der Waals surface area contributed by atoms with Crippen LogP contribution in [0.25, 0.3) is 0 Å². The highest BCUT2D eigenvalue weighted by Gasteiger charge is 2.15. The molecule has 1 amide bonds. The Balaban J connectivity index is 2.70. The summed E-state index contributed by atoms with van der Waals surface area (Å²) in [6.45, 7) is 7.74. The molecular weight excluding hydrogens is 242 g/mol. The van der Waals surface area contributed by atoms with Crippen molar-refractivity contribution in [3.63, 3.8) is 0 Å². The highest BCUT2D eigenvalue weighted by atomic mass is 35.5. The molecule has 90 valence electrons. The number of amides is 1. The van der Waals surface area contributed by atoms with Gasteiger partial charge in [0.05, 0.1) is 6.54 Å². The molecule has 1 aromatic heterocycles. The summed E-state index contributed by atoms with van der Waals surface area (Å²) >= 11 is 7.32. The molecule has 0 radical (unpaired) electrons. The van der Waals surface area contributed by atoms with Gasteiger partial charge in [-0.3, -0.25) is 4.79 Å². The van der Waals surface area contributed by atoms with Gasteiger partial charge in [0.25, 0.3) is 0 Å². The number of thiophene rings is 1. The van der Waals surface area contributed by atoms with Gasteiger partial charge in [-0.25, -0.2) is 0 Å². The maximum absolute atomic E-state index is 11.7. The summed E-state index contributed by atoms with van der Waals surface area (Å²) in [6.07, 6.45) is 0. The van der Waals surface area contributed by atoms with Gasteiger partial charge in [-0.05, 0) is 29.9 Å². The van der Waals surface area contributed by atoms with Crippen LogP contribution >= 0.6 is 22.9 Å². The van der Waals surface area contributed by atoms with Crippen molar-refractivity contribution in [3.05, 3.63) is 21.9 Å². The Morgan fingerprint density at radius 3 is 2.69 bits per heavy atom. The van der Waals surface area contributed by atoms with Gasteiger partial charge in [0.15, 0.2) is 0 Å². The Hall–Kier alpha value is -0.540. The van der Waals surface area contributed by atoms with Gasteiger partial charge in [0.1, 0.15) is 5.88 Å². The van der Waals surface area contributed by atoms with Crippen molar-refractivity contribution in [2.75, 3.05) is 12.4 Å². The van der Waals surface area contributed by atoms with Gasteiger partial charge in [-0.2, -0.15) is 0 Å². The van der Waals surface area contributed by atoms with Crippen LogP contribution in [0, 0.1) is 12.8 Å². The van der Waals surface area contributed by atoms with Crippen molar-refractivity contribution in [3.8, 4) is 0 Å². The summed E-state index contributed by atoms with van der Waals surface area (Å²) in [5.41, 5.74) is 1.25. The fraction of sp³-hybridized carbons (Fsp3) is 0.583. The van der Waals surface area contributed by atoms with Gasteiger partial charge >= 0.3 is 0 Å². The average molecular weight is 260 g/mol. The Kier molecular flexibility index (Phi) is 5.29. The molecule has 1 rings (SSSR count). The molecule has 0 aromatic carbocycles. The lowest BCUT2D eigenvalue weighted by Gasteiger charge is -2.23. The van der Waals surface area contributed by atoms with Crippen molar-refractivity contribution in [1.29, 1.82) is 0 Å². The average Bonchev–Trinajstić information content (AvgIpc) is 2.61. The summed E-state index contributed by atoms with van der Waals surface area (Å²) in [4.78, 5) is 14.8. The zero-order valence-corrected chi connectivity index (χ0v) is 11.6. The molecule has 0 unspecified atom stereocenters. The summed E-state index contributed by atoms with van der Waals surface area (Å²) in [7, 11) is 0. The number of carbonyl (C=O) groups excluding carboxylic acids is 1. The molecule has 0 bridgehead atoms. The fourth-order valence-corrected chi connectivity index (χ4v) is 2.61. The van der Waals surface area contributed by atoms with E-state index in [1.807, 2.05) is 4.90 Å². The lowest BCUT2D eigenvalue weighted by atomic mass is 10.2.